The highest BCUT2D eigenvalue weighted by molar-refractivity contribution is 7.91. The molecule has 1 aromatic rings. The molecule has 0 radical (unpaired) electrons. The molecule has 17 heavy (non-hydrogen) atoms. The van der Waals surface area contributed by atoms with Crippen LogP contribution in [-0.2, 0) is 19.4 Å². The molecule has 1 aliphatic rings. The number of hydrogen-bond acceptors (Lipinski definition) is 5. The number of carbonyl (C=O) groups is 1. The monoisotopic (exact) mass is 255 g/mol. The molecular weight excluding hydrogens is 242 g/mol. The molecule has 1 unspecified atom stereocenters. The number of hydrogen-bond donors (Lipinski definition) is 1. The van der Waals surface area contributed by atoms with Crippen LogP contribution in [0.15, 0.2) is 29.2 Å². The molecule has 0 amide bonds. The van der Waals surface area contributed by atoms with Crippen molar-refractivity contribution >= 4 is 15.8 Å². The summed E-state index contributed by atoms with van der Waals surface area (Å²) in [7, 11) is -1.93. The number of esters is 1. The van der Waals surface area contributed by atoms with Crippen LogP contribution in [0.5, 0.6) is 0 Å². The Balaban J connectivity index is 2.21. The third-order valence-corrected chi connectivity index (χ3v) is 4.55. The van der Waals surface area contributed by atoms with Gasteiger partial charge < -0.3 is 4.74 Å². The van der Waals surface area contributed by atoms with Gasteiger partial charge in [-0.2, -0.15) is 0 Å². The zero-order chi connectivity index (χ0) is 12.5. The number of benzene rings is 1. The summed E-state index contributed by atoms with van der Waals surface area (Å²) in [5.74, 6) is -0.421. The van der Waals surface area contributed by atoms with Crippen molar-refractivity contribution in [2.24, 2.45) is 0 Å². The van der Waals surface area contributed by atoms with E-state index in [1.807, 2.05) is 0 Å². The molecule has 0 aromatic heterocycles. The van der Waals surface area contributed by atoms with Crippen LogP contribution in [-0.4, -0.2) is 33.8 Å². The summed E-state index contributed by atoms with van der Waals surface area (Å²) in [5, 5.41) is 2.89. The number of carbonyl (C=O) groups excluding carboxylic acids is 1. The van der Waals surface area contributed by atoms with Crippen molar-refractivity contribution in [1.82, 2.24) is 5.32 Å². The standard InChI is InChI=1S/C11H13NO4S/c1-16-11(13)6-12-9-7-17(14,15)10-5-3-2-4-8(9)10/h2-5,9,12H,6-7H2,1H3. The predicted octanol–water partition coefficient (Wildman–Crippen LogP) is 0.278. The molecule has 6 heteroatoms. The second-order valence-corrected chi connectivity index (χ2v) is 5.83. The van der Waals surface area contributed by atoms with Gasteiger partial charge in [-0.05, 0) is 11.6 Å². The Morgan fingerprint density at radius 2 is 2.18 bits per heavy atom. The molecule has 0 aliphatic carbocycles. The van der Waals surface area contributed by atoms with Crippen LogP contribution in [0.4, 0.5) is 0 Å². The van der Waals surface area contributed by atoms with E-state index in [0.717, 1.165) is 5.56 Å². The number of nitrogens with one attached hydrogen (secondary N) is 1. The topological polar surface area (TPSA) is 72.5 Å². The number of ether oxygens (including phenoxy) is 1. The van der Waals surface area contributed by atoms with Crippen LogP contribution in [0.3, 0.4) is 0 Å². The summed E-state index contributed by atoms with van der Waals surface area (Å²) >= 11 is 0. The van der Waals surface area contributed by atoms with Gasteiger partial charge in [0.15, 0.2) is 9.84 Å². The van der Waals surface area contributed by atoms with Crippen molar-refractivity contribution in [3.63, 3.8) is 0 Å². The van der Waals surface area contributed by atoms with Crippen LogP contribution in [0.1, 0.15) is 11.6 Å². The highest BCUT2D eigenvalue weighted by atomic mass is 32.2. The van der Waals surface area contributed by atoms with Crippen LogP contribution in [0.25, 0.3) is 0 Å². The van der Waals surface area contributed by atoms with Gasteiger partial charge in [-0.1, -0.05) is 18.2 Å². The largest absolute Gasteiger partial charge is 0.468 e. The first kappa shape index (κ1) is 12.1. The minimum absolute atomic E-state index is 0.00498. The average molecular weight is 255 g/mol. The Labute approximate surface area is 99.7 Å². The summed E-state index contributed by atoms with van der Waals surface area (Å²) in [5.41, 5.74) is 0.719. The molecule has 92 valence electrons. The average Bonchev–Trinajstić information content (AvgIpc) is 2.59. The lowest BCUT2D eigenvalue weighted by Crippen LogP contribution is -2.29. The Morgan fingerprint density at radius 3 is 2.88 bits per heavy atom. The van der Waals surface area contributed by atoms with Crippen LogP contribution in [0.2, 0.25) is 0 Å². The lowest BCUT2D eigenvalue weighted by Gasteiger charge is -2.10. The van der Waals surface area contributed by atoms with Crippen molar-refractivity contribution in [3.05, 3.63) is 29.8 Å². The maximum Gasteiger partial charge on any atom is 0.319 e. The third kappa shape index (κ3) is 2.32. The molecule has 1 atom stereocenters. The molecule has 1 N–H and O–H groups in total. The maximum absolute atomic E-state index is 11.8. The molecule has 1 aromatic carbocycles. The van der Waals surface area contributed by atoms with E-state index in [0.29, 0.717) is 4.90 Å². The minimum atomic E-state index is -3.22. The Bertz CT molecular complexity index is 538. The molecule has 0 bridgehead atoms. The van der Waals surface area contributed by atoms with E-state index >= 15 is 0 Å². The first-order valence-corrected chi connectivity index (χ1v) is 6.81. The summed E-state index contributed by atoms with van der Waals surface area (Å²) in [4.78, 5) is 11.4. The fourth-order valence-corrected chi connectivity index (χ4v) is 3.67. The first-order valence-electron chi connectivity index (χ1n) is 5.16. The van der Waals surface area contributed by atoms with Gasteiger partial charge in [0.2, 0.25) is 0 Å². The molecule has 0 fully saturated rings. The molecule has 0 saturated carbocycles. The molecule has 2 rings (SSSR count). The van der Waals surface area contributed by atoms with Crippen LogP contribution < -0.4 is 5.32 Å². The van der Waals surface area contributed by atoms with Crippen molar-refractivity contribution in [1.29, 1.82) is 0 Å². The van der Waals surface area contributed by atoms with E-state index in [-0.39, 0.29) is 18.3 Å². The Kier molecular flexibility index (Phi) is 3.17. The lowest BCUT2D eigenvalue weighted by atomic mass is 10.1. The number of sulfone groups is 1. The van der Waals surface area contributed by atoms with Crippen molar-refractivity contribution in [2.45, 2.75) is 10.9 Å². The molecule has 5 nitrogen and oxygen atoms in total. The number of rotatable bonds is 3. The van der Waals surface area contributed by atoms with E-state index in [9.17, 15) is 13.2 Å². The van der Waals surface area contributed by atoms with Gasteiger partial charge in [0.1, 0.15) is 0 Å². The number of methoxy groups -OCH3 is 1. The van der Waals surface area contributed by atoms with E-state index in [1.165, 1.54) is 7.11 Å². The smallest absolute Gasteiger partial charge is 0.319 e. The first-order chi connectivity index (χ1) is 8.04. The lowest BCUT2D eigenvalue weighted by molar-refractivity contribution is -0.139. The SMILES string of the molecule is COC(=O)CNC1CS(=O)(=O)c2ccccc21. The van der Waals surface area contributed by atoms with Gasteiger partial charge >= 0.3 is 5.97 Å². The van der Waals surface area contributed by atoms with Crippen molar-refractivity contribution in [3.8, 4) is 0 Å². The van der Waals surface area contributed by atoms with Gasteiger partial charge in [-0.25, -0.2) is 8.42 Å². The fourth-order valence-electron chi connectivity index (χ4n) is 1.90. The van der Waals surface area contributed by atoms with E-state index in [4.69, 9.17) is 0 Å². The van der Waals surface area contributed by atoms with E-state index < -0.39 is 15.8 Å². The molecule has 1 heterocycles. The highest BCUT2D eigenvalue weighted by Crippen LogP contribution is 2.32. The Morgan fingerprint density at radius 1 is 1.47 bits per heavy atom. The summed E-state index contributed by atoms with van der Waals surface area (Å²) in [6.07, 6.45) is 0. The van der Waals surface area contributed by atoms with Crippen LogP contribution in [0, 0.1) is 0 Å². The summed E-state index contributed by atoms with van der Waals surface area (Å²) in [6.45, 7) is 0.00498. The minimum Gasteiger partial charge on any atom is -0.468 e. The fraction of sp³-hybridized carbons (Fsp3) is 0.364. The quantitative estimate of drug-likeness (QED) is 0.785. The summed E-state index contributed by atoms with van der Waals surface area (Å²) in [6, 6.07) is 6.49. The molecular formula is C11H13NO4S. The van der Waals surface area contributed by atoms with Gasteiger partial charge in [0, 0.05) is 6.04 Å². The van der Waals surface area contributed by atoms with Crippen LogP contribution >= 0.6 is 0 Å². The van der Waals surface area contributed by atoms with Crippen molar-refractivity contribution in [2.75, 3.05) is 19.4 Å². The number of fused-ring (bicyclic) bond motifs is 1. The Hall–Kier alpha value is -1.40. The van der Waals surface area contributed by atoms with Gasteiger partial charge in [-0.3, -0.25) is 10.1 Å². The maximum atomic E-state index is 11.8. The normalized spacial score (nSPS) is 20.9. The zero-order valence-electron chi connectivity index (χ0n) is 9.34. The molecule has 1 aliphatic heterocycles. The predicted molar refractivity (Wildman–Crippen MR) is 61.3 cm³/mol. The van der Waals surface area contributed by atoms with E-state index in [2.05, 4.69) is 10.1 Å². The highest BCUT2D eigenvalue weighted by Gasteiger charge is 2.34. The van der Waals surface area contributed by atoms with Gasteiger partial charge in [-0.15, -0.1) is 0 Å². The molecule has 0 saturated heterocycles. The zero-order valence-corrected chi connectivity index (χ0v) is 10.2. The van der Waals surface area contributed by atoms with Gasteiger partial charge in [0.05, 0.1) is 24.3 Å². The second-order valence-electron chi connectivity index (χ2n) is 3.83. The second kappa shape index (κ2) is 4.46. The van der Waals surface area contributed by atoms with Gasteiger partial charge in [0.25, 0.3) is 0 Å². The molecule has 0 spiro atoms. The third-order valence-electron chi connectivity index (χ3n) is 2.74. The summed E-state index contributed by atoms with van der Waals surface area (Å²) < 4.78 is 28.1. The van der Waals surface area contributed by atoms with E-state index in [1.54, 1.807) is 24.3 Å². The van der Waals surface area contributed by atoms with Crippen molar-refractivity contribution < 1.29 is 17.9 Å².